The van der Waals surface area contributed by atoms with Gasteiger partial charge in [-0.3, -0.25) is 4.57 Å². The summed E-state index contributed by atoms with van der Waals surface area (Å²) in [5, 5.41) is 17.6. The molecule has 0 bridgehead atoms. The van der Waals surface area contributed by atoms with Crippen LogP contribution in [-0.2, 0) is 6.54 Å². The Morgan fingerprint density at radius 3 is 2.68 bits per heavy atom. The maximum absolute atomic E-state index is 5.88. The number of allylic oxidation sites excluding steroid dienone is 1. The molecular formula is C20H19N5O2S. The molecule has 0 fully saturated rings. The van der Waals surface area contributed by atoms with E-state index in [9.17, 15) is 0 Å². The average molecular weight is 393 g/mol. The van der Waals surface area contributed by atoms with Gasteiger partial charge in [-0.1, -0.05) is 35.5 Å². The predicted molar refractivity (Wildman–Crippen MR) is 107 cm³/mol. The number of furan rings is 1. The lowest BCUT2D eigenvalue weighted by Crippen LogP contribution is -2.01. The van der Waals surface area contributed by atoms with Crippen molar-refractivity contribution < 1.29 is 8.83 Å². The van der Waals surface area contributed by atoms with Gasteiger partial charge in [0, 0.05) is 12.1 Å². The zero-order chi connectivity index (χ0) is 19.5. The van der Waals surface area contributed by atoms with Gasteiger partial charge in [-0.05, 0) is 38.1 Å². The zero-order valence-electron chi connectivity index (χ0n) is 15.6. The first-order valence-corrected chi connectivity index (χ1v) is 9.68. The van der Waals surface area contributed by atoms with E-state index in [-0.39, 0.29) is 5.25 Å². The van der Waals surface area contributed by atoms with Crippen molar-refractivity contribution in [2.45, 2.75) is 30.8 Å². The Hall–Kier alpha value is -3.13. The van der Waals surface area contributed by atoms with Gasteiger partial charge < -0.3 is 8.83 Å². The van der Waals surface area contributed by atoms with E-state index in [1.807, 2.05) is 54.8 Å². The van der Waals surface area contributed by atoms with Crippen molar-refractivity contribution in [1.82, 2.24) is 25.0 Å². The summed E-state index contributed by atoms with van der Waals surface area (Å²) in [6.45, 7) is 8.42. The maximum atomic E-state index is 5.88. The molecule has 0 aliphatic heterocycles. The van der Waals surface area contributed by atoms with Crippen molar-refractivity contribution in [3.8, 4) is 23.0 Å². The van der Waals surface area contributed by atoms with Crippen LogP contribution in [0.5, 0.6) is 0 Å². The Kier molecular flexibility index (Phi) is 5.12. The zero-order valence-corrected chi connectivity index (χ0v) is 16.4. The molecule has 3 heterocycles. The van der Waals surface area contributed by atoms with Crippen LogP contribution in [0.4, 0.5) is 0 Å². The van der Waals surface area contributed by atoms with Crippen LogP contribution < -0.4 is 0 Å². The first-order chi connectivity index (χ1) is 13.7. The predicted octanol–water partition coefficient (Wildman–Crippen LogP) is 4.94. The van der Waals surface area contributed by atoms with Crippen LogP contribution in [0.3, 0.4) is 0 Å². The molecule has 0 amide bonds. The van der Waals surface area contributed by atoms with E-state index >= 15 is 0 Å². The number of hydrogen-bond acceptors (Lipinski definition) is 7. The molecule has 0 aliphatic rings. The minimum atomic E-state index is -0.0936. The normalized spacial score (nSPS) is 12.2. The molecule has 1 aromatic carbocycles. The smallest absolute Gasteiger partial charge is 0.247 e. The molecule has 3 aromatic heterocycles. The van der Waals surface area contributed by atoms with Gasteiger partial charge >= 0.3 is 0 Å². The molecule has 28 heavy (non-hydrogen) atoms. The molecule has 1 atom stereocenters. The van der Waals surface area contributed by atoms with Gasteiger partial charge in [0.1, 0.15) is 0 Å². The van der Waals surface area contributed by atoms with Crippen LogP contribution in [0.15, 0.2) is 69.3 Å². The summed E-state index contributed by atoms with van der Waals surface area (Å²) in [4.78, 5) is 0. The highest BCUT2D eigenvalue weighted by Crippen LogP contribution is 2.35. The van der Waals surface area contributed by atoms with E-state index in [0.717, 1.165) is 10.7 Å². The third-order valence-electron chi connectivity index (χ3n) is 4.14. The fraction of sp³-hybridized carbons (Fsp3) is 0.200. The van der Waals surface area contributed by atoms with Crippen molar-refractivity contribution in [2.75, 3.05) is 0 Å². The van der Waals surface area contributed by atoms with Gasteiger partial charge in [-0.15, -0.1) is 27.0 Å². The molecule has 7 nitrogen and oxygen atoms in total. The Bertz CT molecular complexity index is 1070. The minimum Gasteiger partial charge on any atom is -0.461 e. The summed E-state index contributed by atoms with van der Waals surface area (Å²) >= 11 is 1.50. The van der Waals surface area contributed by atoms with Crippen LogP contribution in [-0.4, -0.2) is 25.0 Å². The monoisotopic (exact) mass is 393 g/mol. The van der Waals surface area contributed by atoms with Gasteiger partial charge in [-0.25, -0.2) is 0 Å². The van der Waals surface area contributed by atoms with Crippen LogP contribution in [0.1, 0.15) is 23.6 Å². The Labute approximate surface area is 166 Å². The topological polar surface area (TPSA) is 82.8 Å². The molecule has 0 N–H and O–H groups in total. The van der Waals surface area contributed by atoms with E-state index in [2.05, 4.69) is 27.0 Å². The first kappa shape index (κ1) is 18.2. The largest absolute Gasteiger partial charge is 0.461 e. The van der Waals surface area contributed by atoms with Crippen LogP contribution >= 0.6 is 11.8 Å². The summed E-state index contributed by atoms with van der Waals surface area (Å²) in [6, 6.07) is 11.7. The average Bonchev–Trinajstić information content (AvgIpc) is 3.44. The third kappa shape index (κ3) is 3.63. The number of rotatable bonds is 7. The van der Waals surface area contributed by atoms with E-state index < -0.39 is 0 Å². The van der Waals surface area contributed by atoms with Gasteiger partial charge in [0.2, 0.25) is 17.6 Å². The van der Waals surface area contributed by atoms with Crippen molar-refractivity contribution in [1.29, 1.82) is 0 Å². The van der Waals surface area contributed by atoms with Gasteiger partial charge in [0.25, 0.3) is 0 Å². The molecule has 1 unspecified atom stereocenters. The molecule has 4 aromatic rings. The molecule has 142 valence electrons. The summed E-state index contributed by atoms with van der Waals surface area (Å²) in [5.41, 5.74) is 2.08. The fourth-order valence-corrected chi connectivity index (χ4v) is 3.57. The number of thioether (sulfide) groups is 1. The third-order valence-corrected chi connectivity index (χ3v) is 5.21. The van der Waals surface area contributed by atoms with Gasteiger partial charge in [0.05, 0.1) is 11.5 Å². The molecule has 4 rings (SSSR count). The van der Waals surface area contributed by atoms with Crippen LogP contribution in [0.25, 0.3) is 23.0 Å². The van der Waals surface area contributed by atoms with Crippen molar-refractivity contribution >= 4 is 11.8 Å². The first-order valence-electron chi connectivity index (χ1n) is 8.81. The number of aromatic nitrogens is 5. The molecule has 8 heteroatoms. The summed E-state index contributed by atoms with van der Waals surface area (Å²) in [7, 11) is 0. The second-order valence-corrected chi connectivity index (χ2v) is 7.56. The highest BCUT2D eigenvalue weighted by atomic mass is 32.2. The van der Waals surface area contributed by atoms with E-state index in [4.69, 9.17) is 8.83 Å². The van der Waals surface area contributed by atoms with Gasteiger partial charge in [0.15, 0.2) is 10.9 Å². The lowest BCUT2D eigenvalue weighted by Gasteiger charge is -2.08. The minimum absolute atomic E-state index is 0.0936. The quantitative estimate of drug-likeness (QED) is 0.325. The summed E-state index contributed by atoms with van der Waals surface area (Å²) < 4.78 is 13.3. The lowest BCUT2D eigenvalue weighted by molar-refractivity contribution is 0.508. The summed E-state index contributed by atoms with van der Waals surface area (Å²) in [5.74, 6) is 2.36. The van der Waals surface area contributed by atoms with Crippen molar-refractivity contribution in [2.24, 2.45) is 0 Å². The fourth-order valence-electron chi connectivity index (χ4n) is 2.68. The Balaban J connectivity index is 1.56. The van der Waals surface area contributed by atoms with E-state index in [1.54, 1.807) is 12.3 Å². The second-order valence-electron chi connectivity index (χ2n) is 6.25. The highest BCUT2D eigenvalue weighted by Gasteiger charge is 2.22. The Morgan fingerprint density at radius 1 is 1.14 bits per heavy atom. The van der Waals surface area contributed by atoms with Crippen LogP contribution in [0.2, 0.25) is 0 Å². The lowest BCUT2D eigenvalue weighted by atomic mass is 10.1. The molecule has 0 radical (unpaired) electrons. The van der Waals surface area contributed by atoms with E-state index in [1.165, 1.54) is 17.3 Å². The number of hydrogen-bond donors (Lipinski definition) is 0. The van der Waals surface area contributed by atoms with Crippen LogP contribution in [0, 0.1) is 6.92 Å². The maximum Gasteiger partial charge on any atom is 0.247 e. The second kappa shape index (κ2) is 7.85. The number of benzene rings is 1. The van der Waals surface area contributed by atoms with Crippen molar-refractivity contribution in [3.63, 3.8) is 0 Å². The number of aryl methyl sites for hydroxylation is 1. The highest BCUT2D eigenvalue weighted by molar-refractivity contribution is 7.99. The molecular weight excluding hydrogens is 374 g/mol. The molecule has 0 saturated heterocycles. The Morgan fingerprint density at radius 2 is 1.96 bits per heavy atom. The van der Waals surface area contributed by atoms with Crippen molar-refractivity contribution in [3.05, 3.63) is 66.8 Å². The van der Waals surface area contributed by atoms with E-state index in [0.29, 0.717) is 29.9 Å². The SMILES string of the molecule is C=CCn1c(SC(C)c2nnc(-c3ccc(C)cc3)o2)nnc1-c1ccco1. The molecule has 0 aliphatic carbocycles. The summed E-state index contributed by atoms with van der Waals surface area (Å²) in [6.07, 6.45) is 3.41. The van der Waals surface area contributed by atoms with Gasteiger partial charge in [-0.2, -0.15) is 0 Å². The standard InChI is InChI=1S/C20H19N5O2S/c1-4-11-25-17(16-6-5-12-26-16)21-24-20(25)28-14(3)18-22-23-19(27-18)15-9-7-13(2)8-10-15/h4-10,12,14H,1,11H2,2-3H3. The molecule has 0 spiro atoms. The molecule has 0 saturated carbocycles. The number of nitrogens with zero attached hydrogens (tertiary/aromatic N) is 5.